The maximum absolute atomic E-state index is 12.0. The van der Waals surface area contributed by atoms with Crippen molar-refractivity contribution in [2.75, 3.05) is 10.6 Å². The summed E-state index contributed by atoms with van der Waals surface area (Å²) >= 11 is 1.23. The lowest BCUT2D eigenvalue weighted by Crippen LogP contribution is -2.15. The van der Waals surface area contributed by atoms with Gasteiger partial charge in [-0.1, -0.05) is 11.3 Å². The Morgan fingerprint density at radius 1 is 1.13 bits per heavy atom. The van der Waals surface area contributed by atoms with Crippen molar-refractivity contribution in [1.82, 2.24) is 25.1 Å². The molecule has 0 saturated carbocycles. The molecular weight excluding hydrogens is 322 g/mol. The van der Waals surface area contributed by atoms with Crippen molar-refractivity contribution in [3.8, 4) is 0 Å². The number of carbonyl (C=O) groups is 2. The van der Waals surface area contributed by atoms with Gasteiger partial charge in [0.2, 0.25) is 5.13 Å². The van der Waals surface area contributed by atoms with Gasteiger partial charge in [0.1, 0.15) is 17.0 Å². The first-order chi connectivity index (χ1) is 11.1. The fourth-order valence-electron chi connectivity index (χ4n) is 1.52. The maximum atomic E-state index is 12.0. The van der Waals surface area contributed by atoms with E-state index in [1.807, 2.05) is 0 Å². The number of nitrogens with one attached hydrogen (secondary N) is 2. The molecular formula is C12H9N7O3S. The molecule has 2 amide bonds. The Labute approximate surface area is 133 Å². The van der Waals surface area contributed by atoms with Gasteiger partial charge in [-0.05, 0) is 6.92 Å². The highest BCUT2D eigenvalue weighted by molar-refractivity contribution is 7.15. The largest absolute Gasteiger partial charge is 0.431 e. The Kier molecular flexibility index (Phi) is 4.01. The minimum absolute atomic E-state index is 0.00713. The molecule has 0 saturated heterocycles. The third kappa shape index (κ3) is 3.52. The van der Waals surface area contributed by atoms with Gasteiger partial charge in [0, 0.05) is 12.4 Å². The van der Waals surface area contributed by atoms with E-state index in [-0.39, 0.29) is 17.4 Å². The van der Waals surface area contributed by atoms with Crippen LogP contribution in [0.5, 0.6) is 0 Å². The van der Waals surface area contributed by atoms with E-state index in [0.29, 0.717) is 5.13 Å². The van der Waals surface area contributed by atoms with Crippen molar-refractivity contribution in [3.63, 3.8) is 0 Å². The van der Waals surface area contributed by atoms with Crippen LogP contribution in [0, 0.1) is 6.92 Å². The van der Waals surface area contributed by atoms with Gasteiger partial charge in [0.25, 0.3) is 11.8 Å². The summed E-state index contributed by atoms with van der Waals surface area (Å²) in [5.41, 5.74) is 0.0911. The van der Waals surface area contributed by atoms with Gasteiger partial charge in [-0.2, -0.15) is 4.98 Å². The first-order valence-corrected chi connectivity index (χ1v) is 7.08. The lowest BCUT2D eigenvalue weighted by Gasteiger charge is -1.98. The topological polar surface area (TPSA) is 136 Å². The zero-order chi connectivity index (χ0) is 16.2. The minimum Gasteiger partial charge on any atom is -0.431 e. The molecule has 3 heterocycles. The molecule has 2 N–H and O–H groups in total. The molecule has 0 radical (unpaired) electrons. The molecule has 10 nitrogen and oxygen atoms in total. The normalized spacial score (nSPS) is 10.3. The summed E-state index contributed by atoms with van der Waals surface area (Å²) in [7, 11) is 0. The molecule has 3 aromatic rings. The van der Waals surface area contributed by atoms with Crippen molar-refractivity contribution in [1.29, 1.82) is 0 Å². The van der Waals surface area contributed by atoms with E-state index >= 15 is 0 Å². The molecule has 11 heteroatoms. The van der Waals surface area contributed by atoms with E-state index < -0.39 is 11.8 Å². The number of aryl methyl sites for hydroxylation is 1. The summed E-state index contributed by atoms with van der Waals surface area (Å²) < 4.78 is 5.04. The van der Waals surface area contributed by atoms with E-state index in [0.717, 1.165) is 11.3 Å². The number of carbonyl (C=O) groups excluding carboxylic acids is 2. The van der Waals surface area contributed by atoms with Crippen LogP contribution in [0.4, 0.5) is 11.1 Å². The van der Waals surface area contributed by atoms with Crippen LogP contribution in [0.25, 0.3) is 0 Å². The predicted octanol–water partition coefficient (Wildman–Crippen LogP) is 1.13. The van der Waals surface area contributed by atoms with E-state index in [1.54, 1.807) is 6.92 Å². The fourth-order valence-corrected chi connectivity index (χ4v) is 2.11. The van der Waals surface area contributed by atoms with Crippen LogP contribution in [0.1, 0.15) is 26.0 Å². The van der Waals surface area contributed by atoms with Crippen molar-refractivity contribution < 1.29 is 14.0 Å². The Bertz CT molecular complexity index is 845. The highest BCUT2D eigenvalue weighted by Gasteiger charge is 2.16. The summed E-state index contributed by atoms with van der Waals surface area (Å²) in [6.07, 6.45) is 5.24. The van der Waals surface area contributed by atoms with E-state index in [1.165, 1.54) is 29.9 Å². The predicted molar refractivity (Wildman–Crippen MR) is 79.1 cm³/mol. The molecule has 0 aliphatic carbocycles. The molecule has 0 unspecified atom stereocenters. The zero-order valence-electron chi connectivity index (χ0n) is 11.7. The van der Waals surface area contributed by atoms with Gasteiger partial charge in [0.05, 0.1) is 6.20 Å². The molecule has 3 aromatic heterocycles. The quantitative estimate of drug-likeness (QED) is 0.726. The number of nitrogens with zero attached hydrogens (tertiary/aromatic N) is 5. The summed E-state index contributed by atoms with van der Waals surface area (Å²) in [6.45, 7) is 1.77. The molecule has 23 heavy (non-hydrogen) atoms. The van der Waals surface area contributed by atoms with Gasteiger partial charge < -0.3 is 4.42 Å². The number of rotatable bonds is 4. The minimum atomic E-state index is -0.549. The standard InChI is InChI=1S/C12H9N7O3S/c1-6-18-19-12(23-6)17-10(21)8-5-22-11(15-8)16-9(20)7-4-13-2-3-14-7/h2-5H,1H3,(H,15,16,20)(H,17,19,21). The van der Waals surface area contributed by atoms with E-state index in [9.17, 15) is 9.59 Å². The van der Waals surface area contributed by atoms with Crippen LogP contribution < -0.4 is 10.6 Å². The Morgan fingerprint density at radius 2 is 1.96 bits per heavy atom. The lowest BCUT2D eigenvalue weighted by atomic mass is 10.4. The van der Waals surface area contributed by atoms with Gasteiger partial charge in [-0.25, -0.2) is 4.98 Å². The first-order valence-electron chi connectivity index (χ1n) is 6.26. The average molecular weight is 331 g/mol. The van der Waals surface area contributed by atoms with Crippen LogP contribution in [0.15, 0.2) is 29.3 Å². The monoisotopic (exact) mass is 331 g/mol. The molecule has 0 atom stereocenters. The number of amides is 2. The molecule has 3 rings (SSSR count). The molecule has 0 aromatic carbocycles. The molecule has 0 aliphatic heterocycles. The number of hydrogen-bond acceptors (Lipinski definition) is 9. The van der Waals surface area contributed by atoms with Crippen LogP contribution in [0.2, 0.25) is 0 Å². The summed E-state index contributed by atoms with van der Waals surface area (Å²) in [4.78, 5) is 35.3. The highest BCUT2D eigenvalue weighted by atomic mass is 32.1. The van der Waals surface area contributed by atoms with Gasteiger partial charge in [-0.3, -0.25) is 25.2 Å². The fraction of sp³-hybridized carbons (Fsp3) is 0.0833. The second kappa shape index (κ2) is 6.27. The van der Waals surface area contributed by atoms with Crippen molar-refractivity contribution >= 4 is 34.3 Å². The SMILES string of the molecule is Cc1nnc(NC(=O)c2coc(NC(=O)c3cnccn3)n2)s1. The molecule has 0 aliphatic rings. The molecule has 0 spiro atoms. The summed E-state index contributed by atoms with van der Waals surface area (Å²) in [5, 5.41) is 13.5. The average Bonchev–Trinajstić information content (AvgIpc) is 3.17. The van der Waals surface area contributed by atoms with Crippen LogP contribution in [0.3, 0.4) is 0 Å². The van der Waals surface area contributed by atoms with Crippen molar-refractivity contribution in [3.05, 3.63) is 41.2 Å². The van der Waals surface area contributed by atoms with E-state index in [4.69, 9.17) is 4.42 Å². The summed E-state index contributed by atoms with van der Waals surface area (Å²) in [5.74, 6) is -1.07. The Balaban J connectivity index is 1.66. The molecule has 0 bridgehead atoms. The second-order valence-corrected chi connectivity index (χ2v) is 5.34. The number of aromatic nitrogens is 5. The van der Waals surface area contributed by atoms with Crippen LogP contribution >= 0.6 is 11.3 Å². The van der Waals surface area contributed by atoms with Gasteiger partial charge >= 0.3 is 6.01 Å². The van der Waals surface area contributed by atoms with Gasteiger partial charge in [0.15, 0.2) is 5.69 Å². The van der Waals surface area contributed by atoms with Crippen LogP contribution in [-0.4, -0.2) is 37.0 Å². The number of anilines is 2. The maximum Gasteiger partial charge on any atom is 0.302 e. The van der Waals surface area contributed by atoms with Crippen LogP contribution in [-0.2, 0) is 0 Å². The van der Waals surface area contributed by atoms with Gasteiger partial charge in [-0.15, -0.1) is 10.2 Å². The second-order valence-electron chi connectivity index (χ2n) is 4.16. The van der Waals surface area contributed by atoms with Crippen molar-refractivity contribution in [2.45, 2.75) is 6.92 Å². The third-order valence-electron chi connectivity index (χ3n) is 2.50. The smallest absolute Gasteiger partial charge is 0.302 e. The highest BCUT2D eigenvalue weighted by Crippen LogP contribution is 2.15. The number of hydrogen-bond donors (Lipinski definition) is 2. The molecule has 116 valence electrons. The first kappa shape index (κ1) is 14.7. The Hall–Kier alpha value is -3.21. The Morgan fingerprint density at radius 3 is 2.65 bits per heavy atom. The third-order valence-corrected chi connectivity index (χ3v) is 3.25. The van der Waals surface area contributed by atoms with Crippen molar-refractivity contribution in [2.24, 2.45) is 0 Å². The molecule has 0 fully saturated rings. The number of oxazole rings is 1. The van der Waals surface area contributed by atoms with E-state index in [2.05, 4.69) is 35.8 Å². The summed E-state index contributed by atoms with van der Waals surface area (Å²) in [6, 6.07) is -0.126. The lowest BCUT2D eigenvalue weighted by molar-refractivity contribution is 0.101. The zero-order valence-corrected chi connectivity index (χ0v) is 12.5.